The third-order valence-corrected chi connectivity index (χ3v) is 4.19. The monoisotopic (exact) mass is 307 g/mol. The van der Waals surface area contributed by atoms with Crippen LogP contribution in [0.5, 0.6) is 0 Å². The molecule has 0 aliphatic carbocycles. The lowest BCUT2D eigenvalue weighted by Gasteiger charge is -2.39. The van der Waals surface area contributed by atoms with Crippen LogP contribution in [-0.4, -0.2) is 51.5 Å². The highest BCUT2D eigenvalue weighted by molar-refractivity contribution is 7.82. The molecule has 3 fully saturated rings. The van der Waals surface area contributed by atoms with Crippen molar-refractivity contribution in [2.45, 2.75) is 43.7 Å². The summed E-state index contributed by atoms with van der Waals surface area (Å²) in [6.45, 7) is 3.06. The summed E-state index contributed by atoms with van der Waals surface area (Å²) < 4.78 is 49.3. The summed E-state index contributed by atoms with van der Waals surface area (Å²) >= 11 is 0. The first-order chi connectivity index (χ1) is 9.27. The topological polar surface area (TPSA) is 129 Å². The van der Waals surface area contributed by atoms with Crippen molar-refractivity contribution in [2.75, 3.05) is 13.2 Å². The molecule has 10 nitrogen and oxygen atoms in total. The maximum atomic E-state index is 11.4. The van der Waals surface area contributed by atoms with E-state index < -0.39 is 40.3 Å². The average molecular weight is 307 g/mol. The van der Waals surface area contributed by atoms with Gasteiger partial charge in [-0.05, 0) is 19.4 Å². The summed E-state index contributed by atoms with van der Waals surface area (Å²) in [4.78, 5) is 2.67. The maximum absolute atomic E-state index is 11.4. The third kappa shape index (κ3) is 2.17. The molecule has 20 heavy (non-hydrogen) atoms. The zero-order valence-electron chi connectivity index (χ0n) is 10.8. The minimum absolute atomic E-state index is 0.0687. The van der Waals surface area contributed by atoms with Gasteiger partial charge in [-0.15, -0.1) is 0 Å². The highest BCUT2D eigenvalue weighted by Gasteiger charge is 2.65. The van der Waals surface area contributed by atoms with Crippen molar-refractivity contribution in [3.8, 4) is 0 Å². The minimum atomic E-state index is -4.07. The maximum Gasteiger partial charge on any atom is 0.400 e. The van der Waals surface area contributed by atoms with Crippen molar-refractivity contribution in [3.63, 3.8) is 0 Å². The van der Waals surface area contributed by atoms with Crippen LogP contribution in [0, 0.1) is 0 Å². The molecule has 0 amide bonds. The molecule has 112 valence electrons. The van der Waals surface area contributed by atoms with Crippen molar-refractivity contribution < 1.29 is 31.0 Å². The zero-order valence-corrected chi connectivity index (χ0v) is 11.6. The zero-order chi connectivity index (χ0) is 14.6. The van der Waals surface area contributed by atoms with Crippen LogP contribution >= 0.6 is 0 Å². The highest BCUT2D eigenvalue weighted by Crippen LogP contribution is 2.46. The fourth-order valence-corrected chi connectivity index (χ4v) is 3.65. The number of fused-ring (bicyclic) bond motifs is 3. The number of hydrogen-bond donors (Lipinski definition) is 0. The molecule has 3 saturated heterocycles. The number of nitrogens with zero attached hydrogens (tertiary/aromatic N) is 3. The molecule has 0 saturated carbocycles. The second-order valence-electron chi connectivity index (χ2n) is 5.16. The highest BCUT2D eigenvalue weighted by atomic mass is 32.3. The van der Waals surface area contributed by atoms with Gasteiger partial charge in [0.15, 0.2) is 5.79 Å². The second-order valence-corrected chi connectivity index (χ2v) is 6.36. The molecule has 0 N–H and O–H groups in total. The molecule has 0 radical (unpaired) electrons. The van der Waals surface area contributed by atoms with Crippen molar-refractivity contribution in [2.24, 2.45) is 5.11 Å². The molecule has 3 aliphatic heterocycles. The Morgan fingerprint density at radius 1 is 1.40 bits per heavy atom. The fourth-order valence-electron chi connectivity index (χ4n) is 2.64. The molecule has 4 atom stereocenters. The number of ether oxygens (including phenoxy) is 3. The van der Waals surface area contributed by atoms with Crippen LogP contribution in [0.1, 0.15) is 13.8 Å². The number of hydrogen-bond acceptors (Lipinski definition) is 8. The van der Waals surface area contributed by atoms with Gasteiger partial charge < -0.3 is 14.2 Å². The molecule has 11 heteroatoms. The van der Waals surface area contributed by atoms with Gasteiger partial charge in [-0.1, -0.05) is 5.11 Å². The molecule has 0 spiro atoms. The Labute approximate surface area is 114 Å². The Kier molecular flexibility index (Phi) is 3.00. The smallest absolute Gasteiger partial charge is 0.344 e. The molecule has 3 rings (SSSR count). The van der Waals surface area contributed by atoms with Gasteiger partial charge in [-0.25, -0.2) is 8.37 Å². The van der Waals surface area contributed by atoms with Crippen LogP contribution in [0.2, 0.25) is 0 Å². The first kappa shape index (κ1) is 14.0. The van der Waals surface area contributed by atoms with Gasteiger partial charge in [0.05, 0.1) is 13.2 Å². The molecule has 3 aliphatic rings. The van der Waals surface area contributed by atoms with E-state index in [2.05, 4.69) is 10.0 Å². The van der Waals surface area contributed by atoms with E-state index in [1.54, 1.807) is 13.8 Å². The largest absolute Gasteiger partial charge is 0.400 e. The first-order valence-electron chi connectivity index (χ1n) is 5.91. The van der Waals surface area contributed by atoms with Gasteiger partial charge in [-0.2, -0.15) is 8.42 Å². The first-order valence-corrected chi connectivity index (χ1v) is 7.25. The molecule has 0 unspecified atom stereocenters. The molecular weight excluding hydrogens is 294 g/mol. The van der Waals surface area contributed by atoms with E-state index in [0.717, 1.165) is 0 Å². The Hall–Kier alpha value is -0.940. The lowest BCUT2D eigenvalue weighted by atomic mass is 9.97. The van der Waals surface area contributed by atoms with Crippen molar-refractivity contribution >= 4 is 10.4 Å². The third-order valence-electron chi connectivity index (χ3n) is 3.24. The average Bonchev–Trinajstić information content (AvgIpc) is 2.78. The summed E-state index contributed by atoms with van der Waals surface area (Å²) in [5.41, 5.74) is 8.47. The lowest BCUT2D eigenvalue weighted by Crippen LogP contribution is -2.59. The molecule has 3 heterocycles. The number of rotatable bonds is 2. The van der Waals surface area contributed by atoms with Gasteiger partial charge in [0.25, 0.3) is 0 Å². The minimum Gasteiger partial charge on any atom is -0.344 e. The van der Waals surface area contributed by atoms with Crippen LogP contribution in [0.3, 0.4) is 0 Å². The van der Waals surface area contributed by atoms with E-state index in [9.17, 15) is 8.42 Å². The molecule has 0 aromatic heterocycles. The normalized spacial score (nSPS) is 44.4. The SMILES string of the molecule is CC1(C)O[C@H]2[C@@H]3OS(=O)(=O)O[C@@H]3CO[C@@]2(CN=[N+]=[N-])O1. The van der Waals surface area contributed by atoms with Gasteiger partial charge in [0, 0.05) is 4.91 Å². The Morgan fingerprint density at radius 3 is 2.85 bits per heavy atom. The second kappa shape index (κ2) is 4.28. The van der Waals surface area contributed by atoms with E-state index in [1.807, 2.05) is 0 Å². The van der Waals surface area contributed by atoms with Crippen molar-refractivity contribution in [1.29, 1.82) is 0 Å². The van der Waals surface area contributed by atoms with E-state index >= 15 is 0 Å². The summed E-state index contributed by atoms with van der Waals surface area (Å²) in [5, 5.41) is 3.45. The number of azide groups is 1. The van der Waals surface area contributed by atoms with Crippen LogP contribution < -0.4 is 0 Å². The summed E-state index contributed by atoms with van der Waals surface area (Å²) in [6.07, 6.45) is -2.58. The van der Waals surface area contributed by atoms with E-state index in [0.29, 0.717) is 0 Å². The summed E-state index contributed by atoms with van der Waals surface area (Å²) in [5.74, 6) is -2.40. The standard InChI is InChI=1S/C9H13N3O7S/c1-8(2)16-7-6-5(17-20(13,14)18-6)3-15-9(7,19-8)4-11-12-10/h5-7H,3-4H2,1-2H3/t5-,6-,7+,9+/m1/s1. The predicted octanol–water partition coefficient (Wildman–Crippen LogP) is 0.203. The summed E-state index contributed by atoms with van der Waals surface area (Å²) in [6, 6.07) is 0. The van der Waals surface area contributed by atoms with E-state index in [4.69, 9.17) is 28.1 Å². The van der Waals surface area contributed by atoms with Crippen LogP contribution in [0.4, 0.5) is 0 Å². The van der Waals surface area contributed by atoms with E-state index in [-0.39, 0.29) is 13.2 Å². The molecule has 0 aromatic carbocycles. The van der Waals surface area contributed by atoms with Crippen LogP contribution in [0.25, 0.3) is 10.4 Å². The van der Waals surface area contributed by atoms with Gasteiger partial charge >= 0.3 is 10.4 Å². The molecule has 0 aromatic rings. The predicted molar refractivity (Wildman–Crippen MR) is 61.4 cm³/mol. The van der Waals surface area contributed by atoms with Crippen LogP contribution in [0.15, 0.2) is 5.11 Å². The van der Waals surface area contributed by atoms with Crippen LogP contribution in [-0.2, 0) is 33.0 Å². The Balaban J connectivity index is 1.95. The fraction of sp³-hybridized carbons (Fsp3) is 1.00. The van der Waals surface area contributed by atoms with E-state index in [1.165, 1.54) is 0 Å². The quantitative estimate of drug-likeness (QED) is 0.405. The molecule has 0 bridgehead atoms. The molecular formula is C9H13N3O7S. The Morgan fingerprint density at radius 2 is 2.15 bits per heavy atom. The van der Waals surface area contributed by atoms with Gasteiger partial charge in [0.2, 0.25) is 5.79 Å². The summed E-state index contributed by atoms with van der Waals surface area (Å²) in [7, 11) is -4.07. The van der Waals surface area contributed by atoms with Crippen molar-refractivity contribution in [1.82, 2.24) is 0 Å². The lowest BCUT2D eigenvalue weighted by molar-refractivity contribution is -0.274. The van der Waals surface area contributed by atoms with Gasteiger partial charge in [-0.3, -0.25) is 0 Å². The van der Waals surface area contributed by atoms with Gasteiger partial charge in [0.1, 0.15) is 18.3 Å². The van der Waals surface area contributed by atoms with Crippen molar-refractivity contribution in [3.05, 3.63) is 10.4 Å². The Bertz CT molecular complexity index is 572.